The van der Waals surface area contributed by atoms with Gasteiger partial charge in [0.25, 0.3) is 0 Å². The molecule has 1 atom stereocenters. The first-order chi connectivity index (χ1) is 10.4. The largest absolute Gasteiger partial charge is 0.376 e. The van der Waals surface area contributed by atoms with Crippen LogP contribution in [-0.2, 0) is 19.6 Å². The first-order valence-electron chi connectivity index (χ1n) is 6.98. The Morgan fingerprint density at radius 3 is 2.86 bits per heavy atom. The van der Waals surface area contributed by atoms with E-state index in [4.69, 9.17) is 4.74 Å². The molecule has 1 heterocycles. The molecule has 0 saturated carbocycles. The average molecular weight is 330 g/mol. The number of nitrogens with one attached hydrogen (secondary N) is 1. The predicted molar refractivity (Wildman–Crippen MR) is 80.6 cm³/mol. The molecule has 2 rings (SSSR count). The number of hydrogen-bond acceptors (Lipinski definition) is 4. The number of halogens is 1. The summed E-state index contributed by atoms with van der Waals surface area (Å²) in [6.07, 6.45) is 2.79. The number of rotatable bonds is 6. The van der Waals surface area contributed by atoms with E-state index in [1.807, 2.05) is 0 Å². The molecule has 0 spiro atoms. The van der Waals surface area contributed by atoms with Gasteiger partial charge < -0.3 is 10.1 Å². The van der Waals surface area contributed by atoms with E-state index < -0.39 is 28.3 Å². The van der Waals surface area contributed by atoms with Gasteiger partial charge in [0.1, 0.15) is 12.4 Å². The Balaban J connectivity index is 2.02. The monoisotopic (exact) mass is 330 g/mol. The Morgan fingerprint density at radius 1 is 1.50 bits per heavy atom. The van der Waals surface area contributed by atoms with E-state index in [2.05, 4.69) is 5.32 Å². The number of hydrogen-bond donors (Lipinski definition) is 1. The second kappa shape index (κ2) is 7.06. The van der Waals surface area contributed by atoms with Gasteiger partial charge in [-0.25, -0.2) is 12.8 Å². The first kappa shape index (κ1) is 16.7. The molecule has 1 N–H and O–H groups in total. The van der Waals surface area contributed by atoms with Gasteiger partial charge in [0, 0.05) is 13.2 Å². The fourth-order valence-corrected chi connectivity index (χ4v) is 3.10. The normalized spacial score (nSPS) is 18.2. The minimum atomic E-state index is -3.69. The summed E-state index contributed by atoms with van der Waals surface area (Å²) in [5.74, 6) is -1.02. The average Bonchev–Trinajstić information content (AvgIpc) is 2.94. The minimum Gasteiger partial charge on any atom is -0.376 e. The predicted octanol–water partition coefficient (Wildman–Crippen LogP) is 0.887. The van der Waals surface area contributed by atoms with Crippen molar-refractivity contribution < 1.29 is 22.3 Å². The fourth-order valence-electron chi connectivity index (χ4n) is 2.25. The van der Waals surface area contributed by atoms with Gasteiger partial charge in [-0.15, -0.1) is 0 Å². The van der Waals surface area contributed by atoms with Crippen LogP contribution in [0.2, 0.25) is 0 Å². The smallest absolute Gasteiger partial charge is 0.240 e. The SMILES string of the molecule is CS(=O)(=O)N(CC(=O)NC[C@H]1CCCO1)c1cccc(F)c1. The van der Waals surface area contributed by atoms with Gasteiger partial charge in [-0.3, -0.25) is 9.10 Å². The number of nitrogens with zero attached hydrogens (tertiary/aromatic N) is 1. The maximum atomic E-state index is 13.3. The topological polar surface area (TPSA) is 75.7 Å². The minimum absolute atomic E-state index is 0.0233. The molecule has 1 amide bonds. The third-order valence-electron chi connectivity index (χ3n) is 3.33. The van der Waals surface area contributed by atoms with E-state index >= 15 is 0 Å². The van der Waals surface area contributed by atoms with Gasteiger partial charge in [-0.1, -0.05) is 6.07 Å². The summed E-state index contributed by atoms with van der Waals surface area (Å²) in [4.78, 5) is 11.9. The maximum absolute atomic E-state index is 13.3. The molecule has 1 aromatic rings. The molecule has 0 aliphatic carbocycles. The van der Waals surface area contributed by atoms with E-state index in [9.17, 15) is 17.6 Å². The van der Waals surface area contributed by atoms with Gasteiger partial charge in [0.15, 0.2) is 0 Å². The van der Waals surface area contributed by atoms with Gasteiger partial charge in [-0.05, 0) is 31.0 Å². The zero-order valence-electron chi connectivity index (χ0n) is 12.3. The Morgan fingerprint density at radius 2 is 2.27 bits per heavy atom. The van der Waals surface area contributed by atoms with Crippen molar-refractivity contribution in [3.05, 3.63) is 30.1 Å². The van der Waals surface area contributed by atoms with E-state index in [1.54, 1.807) is 0 Å². The Hall–Kier alpha value is -1.67. The Kier molecular flexibility index (Phi) is 5.36. The highest BCUT2D eigenvalue weighted by molar-refractivity contribution is 7.92. The van der Waals surface area contributed by atoms with Crippen molar-refractivity contribution in [3.63, 3.8) is 0 Å². The van der Waals surface area contributed by atoms with Crippen LogP contribution in [-0.4, -0.2) is 46.4 Å². The van der Waals surface area contributed by atoms with Crippen molar-refractivity contribution >= 4 is 21.6 Å². The Bertz CT molecular complexity index is 629. The van der Waals surface area contributed by atoms with Crippen LogP contribution < -0.4 is 9.62 Å². The van der Waals surface area contributed by atoms with E-state index in [1.165, 1.54) is 18.2 Å². The molecule has 1 aliphatic heterocycles. The van der Waals surface area contributed by atoms with Gasteiger partial charge in [0.2, 0.25) is 15.9 Å². The van der Waals surface area contributed by atoms with Crippen LogP contribution in [0.4, 0.5) is 10.1 Å². The van der Waals surface area contributed by atoms with Crippen LogP contribution in [0.3, 0.4) is 0 Å². The molecule has 0 bridgehead atoms. The second-order valence-electron chi connectivity index (χ2n) is 5.19. The van der Waals surface area contributed by atoms with Crippen LogP contribution >= 0.6 is 0 Å². The third-order valence-corrected chi connectivity index (χ3v) is 4.48. The molecule has 0 unspecified atom stereocenters. The summed E-state index contributed by atoms with van der Waals surface area (Å²) in [5, 5.41) is 2.65. The zero-order chi connectivity index (χ0) is 16.2. The summed E-state index contributed by atoms with van der Waals surface area (Å²) < 4.78 is 43.2. The molecular formula is C14H19FN2O4S. The van der Waals surface area contributed by atoms with Crippen LogP contribution in [0.25, 0.3) is 0 Å². The summed E-state index contributed by atoms with van der Waals surface area (Å²) in [7, 11) is -3.69. The lowest BCUT2D eigenvalue weighted by molar-refractivity contribution is -0.120. The molecule has 0 aromatic heterocycles. The van der Waals surface area contributed by atoms with Crippen molar-refractivity contribution in [2.75, 3.05) is 30.3 Å². The van der Waals surface area contributed by atoms with E-state index in [0.717, 1.165) is 29.5 Å². The second-order valence-corrected chi connectivity index (χ2v) is 7.10. The number of anilines is 1. The van der Waals surface area contributed by atoms with E-state index in [-0.39, 0.29) is 11.8 Å². The van der Waals surface area contributed by atoms with Crippen LogP contribution in [0.1, 0.15) is 12.8 Å². The molecule has 8 heteroatoms. The highest BCUT2D eigenvalue weighted by Crippen LogP contribution is 2.18. The van der Waals surface area contributed by atoms with Gasteiger partial charge >= 0.3 is 0 Å². The molecule has 1 aromatic carbocycles. The number of sulfonamides is 1. The van der Waals surface area contributed by atoms with Gasteiger partial charge in [-0.2, -0.15) is 0 Å². The highest BCUT2D eigenvalue weighted by Gasteiger charge is 2.22. The zero-order valence-corrected chi connectivity index (χ0v) is 13.1. The number of amides is 1. The highest BCUT2D eigenvalue weighted by atomic mass is 32.2. The number of ether oxygens (including phenoxy) is 1. The summed E-state index contributed by atoms with van der Waals surface area (Å²) in [6.45, 7) is 0.633. The molecular weight excluding hydrogens is 311 g/mol. The lowest BCUT2D eigenvalue weighted by Crippen LogP contribution is -2.42. The first-order valence-corrected chi connectivity index (χ1v) is 8.82. The van der Waals surface area contributed by atoms with E-state index in [0.29, 0.717) is 13.2 Å². The molecule has 122 valence electrons. The van der Waals surface area contributed by atoms with Crippen molar-refractivity contribution in [3.8, 4) is 0 Å². The molecule has 1 fully saturated rings. The van der Waals surface area contributed by atoms with Crippen molar-refractivity contribution in [1.29, 1.82) is 0 Å². The number of carbonyl (C=O) groups excluding carboxylic acids is 1. The fraction of sp³-hybridized carbons (Fsp3) is 0.500. The van der Waals surface area contributed by atoms with Crippen molar-refractivity contribution in [1.82, 2.24) is 5.32 Å². The lowest BCUT2D eigenvalue weighted by atomic mass is 10.2. The van der Waals surface area contributed by atoms with Crippen molar-refractivity contribution in [2.24, 2.45) is 0 Å². The van der Waals surface area contributed by atoms with Crippen LogP contribution in [0.15, 0.2) is 24.3 Å². The van der Waals surface area contributed by atoms with Crippen LogP contribution in [0.5, 0.6) is 0 Å². The summed E-state index contributed by atoms with van der Waals surface area (Å²) >= 11 is 0. The van der Waals surface area contributed by atoms with Gasteiger partial charge in [0.05, 0.1) is 18.0 Å². The summed E-state index contributed by atoms with van der Waals surface area (Å²) in [5.41, 5.74) is 0.120. The standard InChI is InChI=1S/C14H19FN2O4S/c1-22(19,20)17(12-5-2-4-11(15)8-12)10-14(18)16-9-13-6-3-7-21-13/h2,4-5,8,13H,3,6-7,9-10H2,1H3,(H,16,18)/t13-/m1/s1. The molecule has 1 aliphatic rings. The summed E-state index contributed by atoms with van der Waals surface area (Å²) in [6, 6.07) is 5.13. The van der Waals surface area contributed by atoms with Crippen molar-refractivity contribution in [2.45, 2.75) is 18.9 Å². The third kappa shape index (κ3) is 4.67. The Labute approximate surface area is 129 Å². The number of carbonyl (C=O) groups is 1. The maximum Gasteiger partial charge on any atom is 0.240 e. The molecule has 6 nitrogen and oxygen atoms in total. The molecule has 0 radical (unpaired) electrons. The lowest BCUT2D eigenvalue weighted by Gasteiger charge is -2.22. The molecule has 1 saturated heterocycles. The quantitative estimate of drug-likeness (QED) is 0.840. The number of benzene rings is 1. The van der Waals surface area contributed by atoms with Crippen LogP contribution in [0, 0.1) is 5.82 Å². The molecule has 22 heavy (non-hydrogen) atoms.